The van der Waals surface area contributed by atoms with Crippen LogP contribution < -0.4 is 15.8 Å². The lowest BCUT2D eigenvalue weighted by Gasteiger charge is -2.18. The summed E-state index contributed by atoms with van der Waals surface area (Å²) >= 11 is 0. The maximum absolute atomic E-state index is 16.2. The zero-order valence-electron chi connectivity index (χ0n) is 19.3. The van der Waals surface area contributed by atoms with Gasteiger partial charge in [0.15, 0.2) is 5.82 Å². The van der Waals surface area contributed by atoms with Gasteiger partial charge in [0, 0.05) is 16.5 Å². The largest absolute Gasteiger partial charge is 0.508 e. The third-order valence-electron chi connectivity index (χ3n) is 5.90. The molecule has 0 unspecified atom stereocenters. The van der Waals surface area contributed by atoms with Crippen molar-refractivity contribution in [2.24, 2.45) is 10.7 Å². The number of nitrogens with zero attached hydrogens (tertiary/aromatic N) is 2. The number of rotatable bonds is 2. The van der Waals surface area contributed by atoms with Crippen molar-refractivity contribution >= 4 is 22.5 Å². The molecule has 0 spiro atoms. The Hall–Kier alpha value is -3.90. The lowest BCUT2D eigenvalue weighted by atomic mass is 9.95. The lowest BCUT2D eigenvalue weighted by molar-refractivity contribution is 0.270. The van der Waals surface area contributed by atoms with Crippen LogP contribution >= 0.6 is 0 Å². The summed E-state index contributed by atoms with van der Waals surface area (Å²) in [6, 6.07) is 5.12. The number of aliphatic imine (C=N–C) groups is 1. The number of hydrogen-bond donors (Lipinski definition) is 3. The van der Waals surface area contributed by atoms with Crippen molar-refractivity contribution in [3.05, 3.63) is 47.0 Å². The van der Waals surface area contributed by atoms with E-state index in [-0.39, 0.29) is 52.3 Å². The van der Waals surface area contributed by atoms with Crippen molar-refractivity contribution < 1.29 is 23.4 Å². The van der Waals surface area contributed by atoms with Gasteiger partial charge in [0.2, 0.25) is 5.88 Å². The molecule has 0 aliphatic carbocycles. The average molecular weight is 481 g/mol. The SMILES string of the molecule is C#Cc1c(F)ccc2cc(O)cc(-c3nc4c(c(N=C(N)OC)c3F)CCCCCCNCO4)c12. The second-order valence-corrected chi connectivity index (χ2v) is 8.17. The van der Waals surface area contributed by atoms with Crippen LogP contribution in [-0.2, 0) is 11.2 Å². The zero-order chi connectivity index (χ0) is 24.9. The van der Waals surface area contributed by atoms with Gasteiger partial charge >= 0.3 is 0 Å². The summed E-state index contributed by atoms with van der Waals surface area (Å²) in [5, 5.41) is 14.2. The first-order valence-electron chi connectivity index (χ1n) is 11.3. The molecular weight excluding hydrogens is 454 g/mol. The molecule has 0 saturated heterocycles. The van der Waals surface area contributed by atoms with E-state index in [1.165, 1.54) is 31.4 Å². The number of aromatic nitrogens is 1. The first-order valence-corrected chi connectivity index (χ1v) is 11.3. The van der Waals surface area contributed by atoms with Gasteiger partial charge < -0.3 is 20.3 Å². The van der Waals surface area contributed by atoms with Crippen LogP contribution in [0.3, 0.4) is 0 Å². The quantitative estimate of drug-likeness (QED) is 0.284. The number of nitrogens with one attached hydrogen (secondary N) is 1. The summed E-state index contributed by atoms with van der Waals surface area (Å²) < 4.78 is 41.6. The standard InChI is InChI=1S/C26H26F2N4O3/c1-3-17-20(27)10-9-15-12-16(33)13-19(21(15)17)24-22(28)23(32-26(29)34-2)18-8-6-4-5-7-11-30-14-35-25(18)31-24/h1,9-10,12-13,30,33H,4-8,11,14H2,2H3,(H2,29,31,32). The molecule has 0 atom stereocenters. The molecular formula is C26H26F2N4O3. The molecule has 4 N–H and O–H groups in total. The first kappa shape index (κ1) is 24.2. The Balaban J connectivity index is 2.05. The fourth-order valence-corrected chi connectivity index (χ4v) is 4.21. The Bertz CT molecular complexity index is 1330. The van der Waals surface area contributed by atoms with Crippen molar-refractivity contribution in [1.29, 1.82) is 0 Å². The van der Waals surface area contributed by atoms with E-state index >= 15 is 4.39 Å². The molecule has 9 heteroatoms. The number of phenolic OH excluding ortho intramolecular Hbond substituents is 1. The number of phenols is 1. The Morgan fingerprint density at radius 3 is 2.83 bits per heavy atom. The summed E-state index contributed by atoms with van der Waals surface area (Å²) in [5.41, 5.74) is 5.99. The fourth-order valence-electron chi connectivity index (χ4n) is 4.21. The highest BCUT2D eigenvalue weighted by atomic mass is 19.1. The highest BCUT2D eigenvalue weighted by molar-refractivity contribution is 6.01. The second-order valence-electron chi connectivity index (χ2n) is 8.17. The number of pyridine rings is 1. The number of fused-ring (bicyclic) bond motifs is 2. The van der Waals surface area contributed by atoms with Gasteiger partial charge in [-0.3, -0.25) is 5.32 Å². The molecule has 35 heavy (non-hydrogen) atoms. The monoisotopic (exact) mass is 480 g/mol. The van der Waals surface area contributed by atoms with Crippen LogP contribution in [0.1, 0.15) is 36.8 Å². The van der Waals surface area contributed by atoms with Gasteiger partial charge in [-0.05, 0) is 49.4 Å². The Morgan fingerprint density at radius 1 is 1.26 bits per heavy atom. The van der Waals surface area contributed by atoms with Gasteiger partial charge in [-0.15, -0.1) is 6.42 Å². The first-order chi connectivity index (χ1) is 16.9. The summed E-state index contributed by atoms with van der Waals surface area (Å²) in [5.74, 6) is 0.869. The van der Waals surface area contributed by atoms with E-state index in [0.717, 1.165) is 32.2 Å². The molecule has 0 fully saturated rings. The fraction of sp³-hybridized carbons (Fsp3) is 0.308. The van der Waals surface area contributed by atoms with Gasteiger partial charge in [0.25, 0.3) is 6.02 Å². The van der Waals surface area contributed by atoms with E-state index in [9.17, 15) is 9.50 Å². The van der Waals surface area contributed by atoms with E-state index in [2.05, 4.69) is 21.2 Å². The predicted molar refractivity (Wildman–Crippen MR) is 131 cm³/mol. The zero-order valence-corrected chi connectivity index (χ0v) is 19.3. The molecule has 2 aromatic carbocycles. The van der Waals surface area contributed by atoms with Crippen LogP contribution in [0.25, 0.3) is 22.0 Å². The molecule has 0 amide bonds. The van der Waals surface area contributed by atoms with E-state index in [1.807, 2.05) is 0 Å². The van der Waals surface area contributed by atoms with Gasteiger partial charge in [-0.2, -0.15) is 4.99 Å². The third kappa shape index (κ3) is 4.98. The number of aromatic hydroxyl groups is 1. The van der Waals surface area contributed by atoms with Crippen molar-refractivity contribution in [1.82, 2.24) is 10.3 Å². The number of benzene rings is 2. The molecule has 7 nitrogen and oxygen atoms in total. The summed E-state index contributed by atoms with van der Waals surface area (Å²) in [6.45, 7) is 0.923. The van der Waals surface area contributed by atoms with Crippen molar-refractivity contribution in [2.45, 2.75) is 32.1 Å². The molecule has 3 aromatic rings. The van der Waals surface area contributed by atoms with Gasteiger partial charge in [-0.1, -0.05) is 24.8 Å². The van der Waals surface area contributed by atoms with E-state index < -0.39 is 11.6 Å². The van der Waals surface area contributed by atoms with Crippen molar-refractivity contribution in [3.8, 4) is 35.2 Å². The van der Waals surface area contributed by atoms with Crippen LogP contribution in [0.5, 0.6) is 11.6 Å². The Morgan fingerprint density at radius 2 is 2.06 bits per heavy atom. The molecule has 0 radical (unpaired) electrons. The number of terminal acetylenes is 1. The van der Waals surface area contributed by atoms with Crippen LogP contribution in [0.2, 0.25) is 0 Å². The Kier molecular flexibility index (Phi) is 7.32. The van der Waals surface area contributed by atoms with Crippen LogP contribution in [0.15, 0.2) is 29.3 Å². The average Bonchev–Trinajstić information content (AvgIpc) is 2.90. The molecule has 1 aliphatic heterocycles. The van der Waals surface area contributed by atoms with Crippen molar-refractivity contribution in [3.63, 3.8) is 0 Å². The van der Waals surface area contributed by atoms with Gasteiger partial charge in [0.1, 0.15) is 29.7 Å². The number of halogens is 2. The highest BCUT2D eigenvalue weighted by Crippen LogP contribution is 2.42. The molecule has 0 bridgehead atoms. The summed E-state index contributed by atoms with van der Waals surface area (Å²) in [7, 11) is 1.33. The topological polar surface area (TPSA) is 102 Å². The van der Waals surface area contributed by atoms with Gasteiger partial charge in [-0.25, -0.2) is 13.8 Å². The number of ether oxygens (including phenoxy) is 2. The molecule has 2 heterocycles. The highest BCUT2D eigenvalue weighted by Gasteiger charge is 2.25. The molecule has 182 valence electrons. The normalized spacial score (nSPS) is 15.0. The minimum absolute atomic E-state index is 0.0701. The smallest absolute Gasteiger partial charge is 0.287 e. The molecule has 1 aromatic heterocycles. The van der Waals surface area contributed by atoms with Gasteiger partial charge in [0.05, 0.1) is 12.7 Å². The number of nitrogens with two attached hydrogens (primary N) is 1. The third-order valence-corrected chi connectivity index (χ3v) is 5.90. The van der Waals surface area contributed by atoms with E-state index in [1.54, 1.807) is 0 Å². The maximum atomic E-state index is 16.2. The molecule has 1 aliphatic rings. The van der Waals surface area contributed by atoms with Crippen molar-refractivity contribution in [2.75, 3.05) is 20.4 Å². The summed E-state index contributed by atoms with van der Waals surface area (Å²) in [6.07, 6.45) is 9.77. The minimum atomic E-state index is -0.811. The van der Waals surface area contributed by atoms with Crippen LogP contribution in [0, 0.1) is 24.0 Å². The van der Waals surface area contributed by atoms with E-state index in [4.69, 9.17) is 21.6 Å². The van der Waals surface area contributed by atoms with E-state index in [0.29, 0.717) is 17.4 Å². The number of methoxy groups -OCH3 is 1. The molecule has 0 saturated carbocycles. The maximum Gasteiger partial charge on any atom is 0.287 e. The number of hydrogen-bond acceptors (Lipinski definition) is 6. The second kappa shape index (κ2) is 10.6. The lowest BCUT2D eigenvalue weighted by Crippen LogP contribution is -2.22. The number of amidine groups is 1. The minimum Gasteiger partial charge on any atom is -0.508 e. The summed E-state index contributed by atoms with van der Waals surface area (Å²) in [4.78, 5) is 8.66. The molecule has 4 rings (SSSR count). The predicted octanol–water partition coefficient (Wildman–Crippen LogP) is 4.50. The van der Waals surface area contributed by atoms with Crippen LogP contribution in [-0.4, -0.2) is 36.5 Å². The van der Waals surface area contributed by atoms with Crippen LogP contribution in [0.4, 0.5) is 14.5 Å². The Labute approximate surface area is 202 Å².